The topological polar surface area (TPSA) is 41.6 Å². The third kappa shape index (κ3) is 4.77. The first-order valence-corrected chi connectivity index (χ1v) is 9.39. The zero-order valence-electron chi connectivity index (χ0n) is 15.7. The van der Waals surface area contributed by atoms with Gasteiger partial charge in [0, 0.05) is 18.7 Å². The van der Waals surface area contributed by atoms with E-state index in [9.17, 15) is 18.0 Å². The molecule has 1 aliphatic rings. The molecular weight excluding hydrogens is 369 g/mol. The number of nitrogens with one attached hydrogen (secondary N) is 1. The summed E-state index contributed by atoms with van der Waals surface area (Å²) in [5.74, 6) is 0.174. The lowest BCUT2D eigenvalue weighted by Crippen LogP contribution is -2.30. The molecule has 0 saturated carbocycles. The van der Waals surface area contributed by atoms with Crippen molar-refractivity contribution in [2.45, 2.75) is 32.4 Å². The molecule has 150 valence electrons. The van der Waals surface area contributed by atoms with Crippen LogP contribution in [0.15, 0.2) is 42.5 Å². The molecule has 1 aliphatic heterocycles. The van der Waals surface area contributed by atoms with Crippen molar-refractivity contribution < 1.29 is 22.7 Å². The summed E-state index contributed by atoms with van der Waals surface area (Å²) in [6, 6.07) is 10.0. The van der Waals surface area contributed by atoms with Crippen LogP contribution in [0.1, 0.15) is 42.1 Å². The van der Waals surface area contributed by atoms with E-state index in [1.54, 1.807) is 24.3 Å². The summed E-state index contributed by atoms with van der Waals surface area (Å²) in [6.07, 6.45) is -1.41. The maximum absolute atomic E-state index is 13.2. The lowest BCUT2D eigenvalue weighted by atomic mass is 10.1. The van der Waals surface area contributed by atoms with Crippen LogP contribution in [0.2, 0.25) is 0 Å². The van der Waals surface area contributed by atoms with E-state index in [0.29, 0.717) is 23.6 Å². The van der Waals surface area contributed by atoms with Crippen LogP contribution in [-0.4, -0.2) is 25.6 Å². The third-order valence-corrected chi connectivity index (χ3v) is 4.70. The number of anilines is 2. The Labute approximate surface area is 162 Å². The van der Waals surface area contributed by atoms with Gasteiger partial charge in [-0.2, -0.15) is 13.2 Å². The summed E-state index contributed by atoms with van der Waals surface area (Å²) >= 11 is 0. The third-order valence-electron chi connectivity index (χ3n) is 4.70. The molecule has 1 N–H and O–H groups in total. The van der Waals surface area contributed by atoms with Crippen molar-refractivity contribution in [2.75, 3.05) is 29.9 Å². The van der Waals surface area contributed by atoms with Crippen LogP contribution in [0.25, 0.3) is 0 Å². The Balaban J connectivity index is 1.87. The van der Waals surface area contributed by atoms with Crippen molar-refractivity contribution in [3.8, 4) is 5.75 Å². The molecule has 0 aliphatic carbocycles. The number of hydrogen-bond acceptors (Lipinski definition) is 3. The normalized spacial score (nSPS) is 14.6. The quantitative estimate of drug-likeness (QED) is 0.746. The van der Waals surface area contributed by atoms with E-state index < -0.39 is 17.6 Å². The molecule has 1 saturated heterocycles. The van der Waals surface area contributed by atoms with Crippen molar-refractivity contribution >= 4 is 17.3 Å². The fraction of sp³-hybridized carbons (Fsp3) is 0.381. The molecule has 4 nitrogen and oxygen atoms in total. The van der Waals surface area contributed by atoms with Gasteiger partial charge >= 0.3 is 6.18 Å². The van der Waals surface area contributed by atoms with Crippen LogP contribution >= 0.6 is 0 Å². The van der Waals surface area contributed by atoms with E-state index in [0.717, 1.165) is 44.5 Å². The van der Waals surface area contributed by atoms with Crippen molar-refractivity contribution in [2.24, 2.45) is 0 Å². The molecule has 1 heterocycles. The smallest absolute Gasteiger partial charge is 0.416 e. The molecule has 0 unspecified atom stereocenters. The second kappa shape index (κ2) is 8.54. The first-order valence-electron chi connectivity index (χ1n) is 9.39. The first kappa shape index (κ1) is 20.0. The van der Waals surface area contributed by atoms with Crippen molar-refractivity contribution in [3.63, 3.8) is 0 Å². The lowest BCUT2D eigenvalue weighted by molar-refractivity contribution is -0.137. The number of rotatable bonds is 5. The maximum Gasteiger partial charge on any atom is 0.416 e. The van der Waals surface area contributed by atoms with Gasteiger partial charge < -0.3 is 15.0 Å². The molecule has 1 amide bonds. The largest absolute Gasteiger partial charge is 0.494 e. The van der Waals surface area contributed by atoms with E-state index in [4.69, 9.17) is 4.74 Å². The Morgan fingerprint density at radius 2 is 1.75 bits per heavy atom. The van der Waals surface area contributed by atoms with Gasteiger partial charge in [0.25, 0.3) is 5.91 Å². The molecule has 28 heavy (non-hydrogen) atoms. The minimum absolute atomic E-state index is 0.176. The van der Waals surface area contributed by atoms with Gasteiger partial charge in [0.15, 0.2) is 0 Å². The number of carbonyl (C=O) groups excluding carboxylic acids is 1. The van der Waals surface area contributed by atoms with Crippen molar-refractivity contribution in [3.05, 3.63) is 53.6 Å². The van der Waals surface area contributed by atoms with E-state index in [-0.39, 0.29) is 5.69 Å². The second-order valence-corrected chi connectivity index (χ2v) is 6.69. The van der Waals surface area contributed by atoms with Gasteiger partial charge in [-0.05, 0) is 68.7 Å². The lowest BCUT2D eigenvalue weighted by Gasteiger charge is -2.31. The predicted octanol–water partition coefficient (Wildman–Crippen LogP) is 5.35. The van der Waals surface area contributed by atoms with E-state index in [1.165, 1.54) is 6.07 Å². The Hall–Kier alpha value is -2.70. The van der Waals surface area contributed by atoms with Crippen LogP contribution in [0.4, 0.5) is 24.5 Å². The minimum Gasteiger partial charge on any atom is -0.494 e. The summed E-state index contributed by atoms with van der Waals surface area (Å²) in [7, 11) is 0. The van der Waals surface area contributed by atoms with Crippen LogP contribution in [0.3, 0.4) is 0 Å². The maximum atomic E-state index is 13.2. The molecule has 1 fully saturated rings. The van der Waals surface area contributed by atoms with Crippen molar-refractivity contribution in [1.29, 1.82) is 0 Å². The number of hydrogen-bond donors (Lipinski definition) is 1. The standard InChI is InChI=1S/C21H23F3N2O2/c1-2-28-17-9-6-15(7-10-17)20(27)25-18-14-16(21(22,23)24)8-11-19(18)26-12-4-3-5-13-26/h6-11,14H,2-5,12-13H2,1H3,(H,25,27). The number of ether oxygens (including phenoxy) is 1. The highest BCUT2D eigenvalue weighted by Crippen LogP contribution is 2.36. The van der Waals surface area contributed by atoms with Gasteiger partial charge in [0.2, 0.25) is 0 Å². The average Bonchev–Trinajstić information content (AvgIpc) is 2.69. The number of halogens is 3. The van der Waals surface area contributed by atoms with Gasteiger partial charge in [-0.3, -0.25) is 4.79 Å². The van der Waals surface area contributed by atoms with E-state index in [2.05, 4.69) is 5.32 Å². The monoisotopic (exact) mass is 392 g/mol. The van der Waals surface area contributed by atoms with Gasteiger partial charge in [0.05, 0.1) is 23.5 Å². The number of nitrogens with zero attached hydrogens (tertiary/aromatic N) is 1. The fourth-order valence-electron chi connectivity index (χ4n) is 3.29. The molecule has 0 aromatic heterocycles. The molecule has 2 aromatic carbocycles. The van der Waals surface area contributed by atoms with Gasteiger partial charge in [0.1, 0.15) is 5.75 Å². The molecule has 7 heteroatoms. The van der Waals surface area contributed by atoms with Crippen molar-refractivity contribution in [1.82, 2.24) is 0 Å². The van der Waals surface area contributed by atoms with E-state index >= 15 is 0 Å². The number of benzene rings is 2. The Morgan fingerprint density at radius 1 is 1.07 bits per heavy atom. The van der Waals surface area contributed by atoms with Crippen LogP contribution < -0.4 is 15.0 Å². The van der Waals surface area contributed by atoms with E-state index in [1.807, 2.05) is 11.8 Å². The number of carbonyl (C=O) groups is 1. The highest BCUT2D eigenvalue weighted by molar-refractivity contribution is 6.06. The summed E-state index contributed by atoms with van der Waals surface area (Å²) in [4.78, 5) is 14.7. The molecule has 0 radical (unpaired) electrons. The highest BCUT2D eigenvalue weighted by Gasteiger charge is 2.32. The molecule has 2 aromatic rings. The summed E-state index contributed by atoms with van der Waals surface area (Å²) in [6.45, 7) is 3.89. The van der Waals surface area contributed by atoms with Crippen LogP contribution in [0.5, 0.6) is 5.75 Å². The Kier molecular flexibility index (Phi) is 6.11. The van der Waals surface area contributed by atoms with Gasteiger partial charge in [-0.1, -0.05) is 0 Å². The zero-order chi connectivity index (χ0) is 20.1. The fourth-order valence-corrected chi connectivity index (χ4v) is 3.29. The minimum atomic E-state index is -4.47. The highest BCUT2D eigenvalue weighted by atomic mass is 19.4. The molecule has 0 spiro atoms. The average molecular weight is 392 g/mol. The number of alkyl halides is 3. The molecular formula is C21H23F3N2O2. The summed E-state index contributed by atoms with van der Waals surface area (Å²) in [5, 5.41) is 2.67. The Bertz CT molecular complexity index is 813. The molecule has 0 bridgehead atoms. The SMILES string of the molecule is CCOc1ccc(C(=O)Nc2cc(C(F)(F)F)ccc2N2CCCCC2)cc1. The summed E-state index contributed by atoms with van der Waals surface area (Å²) in [5.41, 5.74) is 0.364. The Morgan fingerprint density at radius 3 is 2.36 bits per heavy atom. The first-order chi connectivity index (χ1) is 13.4. The van der Waals surface area contributed by atoms with Gasteiger partial charge in [-0.15, -0.1) is 0 Å². The number of amides is 1. The second-order valence-electron chi connectivity index (χ2n) is 6.69. The number of piperidine rings is 1. The predicted molar refractivity (Wildman–Crippen MR) is 103 cm³/mol. The van der Waals surface area contributed by atoms with Gasteiger partial charge in [-0.25, -0.2) is 0 Å². The molecule has 0 atom stereocenters. The van der Waals surface area contributed by atoms with Crippen LogP contribution in [0, 0.1) is 0 Å². The zero-order valence-corrected chi connectivity index (χ0v) is 15.7. The molecule has 3 rings (SSSR count). The summed E-state index contributed by atoms with van der Waals surface area (Å²) < 4.78 is 44.9. The van der Waals surface area contributed by atoms with Crippen LogP contribution in [-0.2, 0) is 6.18 Å².